The van der Waals surface area contributed by atoms with Crippen LogP contribution in [0.1, 0.15) is 41.9 Å². The molecule has 0 radical (unpaired) electrons. The van der Waals surface area contributed by atoms with Crippen LogP contribution in [0, 0.1) is 20.8 Å². The van der Waals surface area contributed by atoms with Gasteiger partial charge in [-0.05, 0) is 55.7 Å². The van der Waals surface area contributed by atoms with Crippen molar-refractivity contribution in [1.29, 1.82) is 0 Å². The van der Waals surface area contributed by atoms with Crippen LogP contribution in [-0.4, -0.2) is 4.98 Å². The van der Waals surface area contributed by atoms with Gasteiger partial charge in [-0.2, -0.15) is 0 Å². The van der Waals surface area contributed by atoms with Crippen molar-refractivity contribution in [3.05, 3.63) is 70.7 Å². The van der Waals surface area contributed by atoms with Crippen molar-refractivity contribution in [1.82, 2.24) is 4.98 Å². The number of aryl methyl sites for hydroxylation is 4. The molecule has 126 valence electrons. The zero-order valence-electron chi connectivity index (χ0n) is 15.9. The lowest BCUT2D eigenvalue weighted by Crippen LogP contribution is -2.31. The van der Waals surface area contributed by atoms with Gasteiger partial charge in [0.1, 0.15) is 7.05 Å². The van der Waals surface area contributed by atoms with Gasteiger partial charge in [0, 0.05) is 33.9 Å². The van der Waals surface area contributed by atoms with Crippen molar-refractivity contribution in [3.8, 4) is 22.4 Å². The van der Waals surface area contributed by atoms with E-state index in [2.05, 4.69) is 88.8 Å². The summed E-state index contributed by atoms with van der Waals surface area (Å²) in [6.07, 6.45) is 2.19. The molecule has 4 rings (SSSR count). The van der Waals surface area contributed by atoms with Crippen LogP contribution in [0.5, 0.6) is 0 Å². The lowest BCUT2D eigenvalue weighted by atomic mass is 9.83. The van der Waals surface area contributed by atoms with E-state index in [0.29, 0.717) is 0 Å². The summed E-state index contributed by atoms with van der Waals surface area (Å²) in [6.45, 7) is 11.0. The molecule has 2 nitrogen and oxygen atoms in total. The Balaban J connectivity index is 1.99. The maximum Gasteiger partial charge on any atom is 0.212 e. The van der Waals surface area contributed by atoms with Crippen LogP contribution in [0.3, 0.4) is 0 Å². The second kappa shape index (κ2) is 5.26. The third-order valence-corrected chi connectivity index (χ3v) is 5.51. The highest BCUT2D eigenvalue weighted by molar-refractivity contribution is 5.83. The molecular weight excluding hydrogens is 304 g/mol. The molecule has 2 heteroatoms. The fourth-order valence-electron chi connectivity index (χ4n) is 4.13. The Morgan fingerprint density at radius 3 is 2.36 bits per heavy atom. The smallest absolute Gasteiger partial charge is 0.212 e. The SMILES string of the molecule is Cc1ccc(-c2cc3c(cc2C)C(C)(C)c2nc(C)ccc2-3)[n+](C)c1. The number of hydrogen-bond donors (Lipinski definition) is 0. The molecule has 0 amide bonds. The van der Waals surface area contributed by atoms with Gasteiger partial charge in [-0.1, -0.05) is 26.0 Å². The van der Waals surface area contributed by atoms with Crippen LogP contribution >= 0.6 is 0 Å². The number of rotatable bonds is 1. The highest BCUT2D eigenvalue weighted by atomic mass is 14.9. The first-order chi connectivity index (χ1) is 11.8. The zero-order chi connectivity index (χ0) is 17.9. The molecule has 0 aliphatic heterocycles. The fraction of sp³-hybridized carbons (Fsp3) is 0.304. The van der Waals surface area contributed by atoms with Crippen molar-refractivity contribution in [2.75, 3.05) is 0 Å². The van der Waals surface area contributed by atoms with Gasteiger partial charge >= 0.3 is 0 Å². The maximum absolute atomic E-state index is 4.88. The van der Waals surface area contributed by atoms with E-state index in [1.54, 1.807) is 0 Å². The molecule has 0 fully saturated rings. The predicted molar refractivity (Wildman–Crippen MR) is 103 cm³/mol. The van der Waals surface area contributed by atoms with Crippen LogP contribution in [0.4, 0.5) is 0 Å². The van der Waals surface area contributed by atoms with Crippen LogP contribution in [0.25, 0.3) is 22.4 Å². The zero-order valence-corrected chi connectivity index (χ0v) is 15.9. The first kappa shape index (κ1) is 16.0. The summed E-state index contributed by atoms with van der Waals surface area (Å²) in [4.78, 5) is 4.88. The summed E-state index contributed by atoms with van der Waals surface area (Å²) in [6, 6.07) is 13.5. The van der Waals surface area contributed by atoms with Crippen LogP contribution in [-0.2, 0) is 12.5 Å². The molecule has 0 spiro atoms. The Morgan fingerprint density at radius 2 is 1.64 bits per heavy atom. The van der Waals surface area contributed by atoms with E-state index in [4.69, 9.17) is 4.98 Å². The molecule has 3 aromatic rings. The van der Waals surface area contributed by atoms with E-state index in [1.165, 1.54) is 44.8 Å². The first-order valence-electron chi connectivity index (χ1n) is 8.89. The van der Waals surface area contributed by atoms with Crippen molar-refractivity contribution in [2.24, 2.45) is 7.05 Å². The Hall–Kier alpha value is -2.48. The minimum Gasteiger partial charge on any atom is -0.257 e. The first-order valence-corrected chi connectivity index (χ1v) is 8.89. The number of hydrogen-bond acceptors (Lipinski definition) is 1. The van der Waals surface area contributed by atoms with Gasteiger partial charge in [-0.25, -0.2) is 4.57 Å². The summed E-state index contributed by atoms with van der Waals surface area (Å²) in [5.74, 6) is 0. The second-order valence-electron chi connectivity index (χ2n) is 7.89. The molecule has 0 atom stereocenters. The molecule has 1 aliphatic rings. The lowest BCUT2D eigenvalue weighted by Gasteiger charge is -2.21. The fourth-order valence-corrected chi connectivity index (χ4v) is 4.13. The number of fused-ring (bicyclic) bond motifs is 3. The molecule has 0 N–H and O–H groups in total. The lowest BCUT2D eigenvalue weighted by molar-refractivity contribution is -0.660. The van der Waals surface area contributed by atoms with Gasteiger partial charge in [0.15, 0.2) is 6.20 Å². The number of aromatic nitrogens is 2. The monoisotopic (exact) mass is 329 g/mol. The summed E-state index contributed by atoms with van der Waals surface area (Å²) >= 11 is 0. The van der Waals surface area contributed by atoms with Crippen molar-refractivity contribution < 1.29 is 4.57 Å². The van der Waals surface area contributed by atoms with Gasteiger partial charge in [0.25, 0.3) is 0 Å². The molecule has 0 saturated carbocycles. The highest BCUT2D eigenvalue weighted by Crippen LogP contribution is 2.49. The van der Waals surface area contributed by atoms with Gasteiger partial charge in [0.2, 0.25) is 5.69 Å². The predicted octanol–water partition coefficient (Wildman–Crippen LogP) is 4.80. The summed E-state index contributed by atoms with van der Waals surface area (Å²) in [7, 11) is 2.12. The summed E-state index contributed by atoms with van der Waals surface area (Å²) in [5.41, 5.74) is 11.4. The van der Waals surface area contributed by atoms with E-state index in [-0.39, 0.29) is 5.41 Å². The molecule has 2 heterocycles. The number of benzene rings is 1. The molecule has 0 bridgehead atoms. The number of pyridine rings is 2. The average molecular weight is 329 g/mol. The van der Waals surface area contributed by atoms with Crippen molar-refractivity contribution >= 4 is 0 Å². The summed E-state index contributed by atoms with van der Waals surface area (Å²) < 4.78 is 2.22. The van der Waals surface area contributed by atoms with Crippen LogP contribution < -0.4 is 4.57 Å². The Kier molecular flexibility index (Phi) is 3.37. The van der Waals surface area contributed by atoms with Crippen LogP contribution in [0.15, 0.2) is 42.6 Å². The molecule has 25 heavy (non-hydrogen) atoms. The maximum atomic E-state index is 4.88. The Labute approximate surface area is 150 Å². The third-order valence-electron chi connectivity index (χ3n) is 5.51. The van der Waals surface area contributed by atoms with Crippen molar-refractivity contribution in [2.45, 2.75) is 40.0 Å². The molecule has 0 saturated heterocycles. The third kappa shape index (κ3) is 2.31. The van der Waals surface area contributed by atoms with E-state index in [9.17, 15) is 0 Å². The molecule has 1 aromatic carbocycles. The standard InChI is InChI=1S/C23H25N2/c1-14-7-10-21(25(6)13-14)18-12-19-17-9-8-16(3)24-22(17)23(4,5)20(19)11-15(18)2/h7-13H,1-6H3/q+1. The second-order valence-corrected chi connectivity index (χ2v) is 7.89. The van der Waals surface area contributed by atoms with Crippen molar-refractivity contribution in [3.63, 3.8) is 0 Å². The normalized spacial score (nSPS) is 14.3. The average Bonchev–Trinajstić information content (AvgIpc) is 2.75. The topological polar surface area (TPSA) is 16.8 Å². The van der Waals surface area contributed by atoms with E-state index in [0.717, 1.165) is 5.69 Å². The van der Waals surface area contributed by atoms with Gasteiger partial charge in [0.05, 0.1) is 5.69 Å². The van der Waals surface area contributed by atoms with Gasteiger partial charge in [-0.15, -0.1) is 0 Å². The molecule has 2 aromatic heterocycles. The van der Waals surface area contributed by atoms with Gasteiger partial charge < -0.3 is 0 Å². The largest absolute Gasteiger partial charge is 0.257 e. The molecule has 1 aliphatic carbocycles. The number of nitrogens with zero attached hydrogens (tertiary/aromatic N) is 2. The Bertz CT molecular complexity index is 1010. The quantitative estimate of drug-likeness (QED) is 0.586. The summed E-state index contributed by atoms with van der Waals surface area (Å²) in [5, 5.41) is 0. The Morgan fingerprint density at radius 1 is 0.880 bits per heavy atom. The minimum atomic E-state index is -0.0462. The van der Waals surface area contributed by atoms with E-state index < -0.39 is 0 Å². The van der Waals surface area contributed by atoms with Crippen LogP contribution in [0.2, 0.25) is 0 Å². The minimum absolute atomic E-state index is 0.0462. The molecular formula is C23H25N2+. The highest BCUT2D eigenvalue weighted by Gasteiger charge is 2.37. The molecule has 0 unspecified atom stereocenters. The van der Waals surface area contributed by atoms with Gasteiger partial charge in [-0.3, -0.25) is 4.98 Å². The van der Waals surface area contributed by atoms with E-state index in [1.807, 2.05) is 0 Å². The van der Waals surface area contributed by atoms with E-state index >= 15 is 0 Å².